The molecule has 0 bridgehead atoms. The number of rotatable bonds is 3. The van der Waals surface area contributed by atoms with Crippen molar-refractivity contribution in [2.75, 3.05) is 11.9 Å². The summed E-state index contributed by atoms with van der Waals surface area (Å²) in [7, 11) is 0. The zero-order valence-electron chi connectivity index (χ0n) is 7.72. The van der Waals surface area contributed by atoms with Crippen LogP contribution in [0, 0.1) is 5.92 Å². The first-order valence-electron chi connectivity index (χ1n) is 4.04. The van der Waals surface area contributed by atoms with E-state index < -0.39 is 3.79 Å². The maximum Gasteiger partial charge on any atom is 0.251 e. The second-order valence-corrected chi connectivity index (χ2v) is 6.23. The summed E-state index contributed by atoms with van der Waals surface area (Å²) in [5.41, 5.74) is 0. The molecule has 14 heavy (non-hydrogen) atoms. The minimum absolute atomic E-state index is 0.221. The molecule has 0 aliphatic heterocycles. The van der Waals surface area contributed by atoms with Gasteiger partial charge >= 0.3 is 0 Å². The Balaban J connectivity index is 2.60. The topological polar surface area (TPSA) is 37.8 Å². The van der Waals surface area contributed by atoms with Crippen molar-refractivity contribution < 1.29 is 0 Å². The van der Waals surface area contributed by atoms with Gasteiger partial charge in [0.25, 0.3) is 3.79 Å². The molecule has 0 fully saturated rings. The van der Waals surface area contributed by atoms with Gasteiger partial charge in [0.15, 0.2) is 5.82 Å². The van der Waals surface area contributed by atoms with Gasteiger partial charge in [-0.3, -0.25) is 0 Å². The maximum absolute atomic E-state index is 5.62. The molecule has 3 nitrogen and oxygen atoms in total. The Morgan fingerprint density at radius 1 is 1.43 bits per heavy atom. The van der Waals surface area contributed by atoms with Crippen molar-refractivity contribution in [3.05, 3.63) is 5.82 Å². The number of halogens is 3. The predicted molar refractivity (Wildman–Crippen MR) is 62.5 cm³/mol. The number of aromatic nitrogens is 2. The number of hydrogen-bond acceptors (Lipinski definition) is 4. The highest BCUT2D eigenvalue weighted by Crippen LogP contribution is 2.37. The van der Waals surface area contributed by atoms with Crippen LogP contribution in [0.1, 0.15) is 19.7 Å². The van der Waals surface area contributed by atoms with Crippen LogP contribution in [0.25, 0.3) is 0 Å². The summed E-state index contributed by atoms with van der Waals surface area (Å²) in [4.78, 5) is 4.05. The normalized spacial score (nSPS) is 12.1. The second kappa shape index (κ2) is 4.84. The van der Waals surface area contributed by atoms with Crippen LogP contribution in [-0.2, 0) is 3.79 Å². The lowest BCUT2D eigenvalue weighted by Crippen LogP contribution is -2.08. The van der Waals surface area contributed by atoms with Crippen molar-refractivity contribution in [3.63, 3.8) is 0 Å². The molecule has 7 heteroatoms. The molecule has 0 saturated heterocycles. The Morgan fingerprint density at radius 2 is 2.07 bits per heavy atom. The number of anilines is 1. The average molecular weight is 275 g/mol. The first kappa shape index (κ1) is 12.3. The highest BCUT2D eigenvalue weighted by atomic mass is 35.6. The fraction of sp³-hybridized carbons (Fsp3) is 0.714. The molecule has 0 aliphatic carbocycles. The molecule has 0 aliphatic rings. The molecule has 0 saturated carbocycles. The van der Waals surface area contributed by atoms with E-state index in [9.17, 15) is 0 Å². The molecule has 1 aromatic heterocycles. The van der Waals surface area contributed by atoms with Gasteiger partial charge in [0.05, 0.1) is 0 Å². The standard InChI is InChI=1S/C7H10Cl3N3S/c1-4(2)3-11-6-12-5(13-14-6)7(8,9)10/h4H,3H2,1-2H3,(H,11,12,13). The summed E-state index contributed by atoms with van der Waals surface area (Å²) < 4.78 is 2.40. The van der Waals surface area contributed by atoms with Crippen LogP contribution in [-0.4, -0.2) is 15.9 Å². The van der Waals surface area contributed by atoms with Crippen molar-refractivity contribution in [3.8, 4) is 0 Å². The maximum atomic E-state index is 5.62. The van der Waals surface area contributed by atoms with Crippen LogP contribution in [0.5, 0.6) is 0 Å². The Morgan fingerprint density at radius 3 is 2.50 bits per heavy atom. The van der Waals surface area contributed by atoms with Crippen molar-refractivity contribution in [1.29, 1.82) is 0 Å². The molecular weight excluding hydrogens is 265 g/mol. The highest BCUT2D eigenvalue weighted by Gasteiger charge is 2.28. The number of hydrogen-bond donors (Lipinski definition) is 1. The van der Waals surface area contributed by atoms with E-state index in [2.05, 4.69) is 28.5 Å². The summed E-state index contributed by atoms with van der Waals surface area (Å²) in [5, 5.41) is 3.79. The Kier molecular flexibility index (Phi) is 4.25. The van der Waals surface area contributed by atoms with E-state index in [1.165, 1.54) is 11.5 Å². The van der Waals surface area contributed by atoms with Crippen LogP contribution in [0.4, 0.5) is 5.13 Å². The predicted octanol–water partition coefficient (Wildman–Crippen LogP) is 3.43. The first-order chi connectivity index (χ1) is 6.39. The first-order valence-corrected chi connectivity index (χ1v) is 5.95. The van der Waals surface area contributed by atoms with Crippen molar-refractivity contribution in [1.82, 2.24) is 9.36 Å². The van der Waals surface area contributed by atoms with E-state index in [1.54, 1.807) is 0 Å². The summed E-state index contributed by atoms with van der Waals surface area (Å²) in [6, 6.07) is 0. The summed E-state index contributed by atoms with van der Waals surface area (Å²) in [6.07, 6.45) is 0. The largest absolute Gasteiger partial charge is 0.360 e. The fourth-order valence-electron chi connectivity index (χ4n) is 0.702. The monoisotopic (exact) mass is 273 g/mol. The lowest BCUT2D eigenvalue weighted by molar-refractivity contribution is 0.688. The number of nitrogens with zero attached hydrogens (tertiary/aromatic N) is 2. The zero-order valence-corrected chi connectivity index (χ0v) is 10.8. The van der Waals surface area contributed by atoms with Crippen LogP contribution in [0.15, 0.2) is 0 Å². The molecule has 1 heterocycles. The van der Waals surface area contributed by atoms with Crippen molar-refractivity contribution in [2.45, 2.75) is 17.6 Å². The molecule has 0 spiro atoms. The summed E-state index contributed by atoms with van der Waals surface area (Å²) in [5.74, 6) is 0.758. The van der Waals surface area contributed by atoms with E-state index in [0.29, 0.717) is 11.0 Å². The third-order valence-corrected chi connectivity index (χ3v) is 2.52. The highest BCUT2D eigenvalue weighted by molar-refractivity contribution is 7.09. The molecule has 1 aromatic rings. The van der Waals surface area contributed by atoms with Crippen LogP contribution in [0.2, 0.25) is 0 Å². The Hall–Kier alpha value is 0.230. The van der Waals surface area contributed by atoms with E-state index in [4.69, 9.17) is 34.8 Å². The molecule has 0 amide bonds. The zero-order chi connectivity index (χ0) is 10.8. The van der Waals surface area contributed by atoms with E-state index >= 15 is 0 Å². The van der Waals surface area contributed by atoms with Crippen LogP contribution >= 0.6 is 46.3 Å². The van der Waals surface area contributed by atoms with Gasteiger partial charge in [-0.25, -0.2) is 0 Å². The van der Waals surface area contributed by atoms with Crippen LogP contribution < -0.4 is 5.32 Å². The quantitative estimate of drug-likeness (QED) is 0.858. The van der Waals surface area contributed by atoms with Gasteiger partial charge in [0, 0.05) is 18.1 Å². The minimum atomic E-state index is -1.53. The second-order valence-electron chi connectivity index (χ2n) is 3.20. The molecule has 1 rings (SSSR count). The minimum Gasteiger partial charge on any atom is -0.360 e. The third-order valence-electron chi connectivity index (χ3n) is 1.34. The van der Waals surface area contributed by atoms with Gasteiger partial charge in [0.1, 0.15) is 0 Å². The smallest absolute Gasteiger partial charge is 0.251 e. The third kappa shape index (κ3) is 3.77. The van der Waals surface area contributed by atoms with E-state index in [-0.39, 0.29) is 5.82 Å². The molecule has 0 radical (unpaired) electrons. The van der Waals surface area contributed by atoms with Crippen LogP contribution in [0.3, 0.4) is 0 Å². The van der Waals surface area contributed by atoms with E-state index in [0.717, 1.165) is 6.54 Å². The summed E-state index contributed by atoms with van der Waals surface area (Å²) >= 11 is 18.1. The number of alkyl halides is 3. The molecular formula is C7H10Cl3N3S. The van der Waals surface area contributed by atoms with Gasteiger partial charge in [-0.2, -0.15) is 9.36 Å². The van der Waals surface area contributed by atoms with Crippen molar-refractivity contribution in [2.24, 2.45) is 5.92 Å². The van der Waals surface area contributed by atoms with Gasteiger partial charge in [-0.15, -0.1) is 0 Å². The SMILES string of the molecule is CC(C)CNc1nc(C(Cl)(Cl)Cl)ns1. The van der Waals surface area contributed by atoms with Gasteiger partial charge in [0.2, 0.25) is 5.13 Å². The van der Waals surface area contributed by atoms with Crippen molar-refractivity contribution >= 4 is 51.5 Å². The molecule has 80 valence electrons. The number of nitrogens with one attached hydrogen (secondary N) is 1. The van der Waals surface area contributed by atoms with Gasteiger partial charge in [-0.1, -0.05) is 48.7 Å². The Labute approximate surface area is 102 Å². The Bertz CT molecular complexity index is 295. The summed E-state index contributed by atoms with van der Waals surface area (Å²) in [6.45, 7) is 5.03. The van der Waals surface area contributed by atoms with E-state index in [1.807, 2.05) is 0 Å². The van der Waals surface area contributed by atoms with Gasteiger partial charge in [-0.05, 0) is 5.92 Å². The lowest BCUT2D eigenvalue weighted by Gasteiger charge is -2.05. The molecule has 0 unspecified atom stereocenters. The molecule has 0 aromatic carbocycles. The van der Waals surface area contributed by atoms with Gasteiger partial charge < -0.3 is 5.32 Å². The molecule has 0 atom stereocenters. The fourth-order valence-corrected chi connectivity index (χ4v) is 1.73. The lowest BCUT2D eigenvalue weighted by atomic mass is 10.2. The average Bonchev–Trinajstić information content (AvgIpc) is 2.47. The molecule has 1 N–H and O–H groups in total.